The van der Waals surface area contributed by atoms with Crippen LogP contribution in [-0.4, -0.2) is 25.9 Å². The van der Waals surface area contributed by atoms with Crippen LogP contribution < -0.4 is 19.8 Å². The van der Waals surface area contributed by atoms with Gasteiger partial charge in [0.25, 0.3) is 5.56 Å². The van der Waals surface area contributed by atoms with E-state index in [-0.39, 0.29) is 5.56 Å². The molecule has 0 amide bonds. The molecule has 3 aromatic rings. The van der Waals surface area contributed by atoms with E-state index >= 15 is 0 Å². The van der Waals surface area contributed by atoms with Crippen LogP contribution in [0.15, 0.2) is 53.5 Å². The Morgan fingerprint density at radius 2 is 1.67 bits per heavy atom. The summed E-state index contributed by atoms with van der Waals surface area (Å²) in [5, 5.41) is 1.53. The Labute approximate surface area is 140 Å². The lowest BCUT2D eigenvalue weighted by atomic mass is 10.1. The van der Waals surface area contributed by atoms with E-state index in [1.54, 1.807) is 44.2 Å². The Bertz CT molecular complexity index is 930. The minimum absolute atomic E-state index is 0.0371. The molecule has 0 saturated heterocycles. The lowest BCUT2D eigenvalue weighted by Crippen LogP contribution is -2.20. The minimum Gasteiger partial charge on any atom is -0.497 e. The van der Waals surface area contributed by atoms with E-state index in [0.717, 1.165) is 16.7 Å². The zero-order valence-electron chi connectivity index (χ0n) is 13.9. The Hall–Kier alpha value is -2.95. The quantitative estimate of drug-likeness (QED) is 0.723. The summed E-state index contributed by atoms with van der Waals surface area (Å²) in [6, 6.07) is 13.0. The fourth-order valence-corrected chi connectivity index (χ4v) is 2.69. The van der Waals surface area contributed by atoms with Crippen LogP contribution in [0, 0.1) is 0 Å². The molecule has 0 N–H and O–H groups in total. The second-order valence-corrected chi connectivity index (χ2v) is 5.39. The first-order chi connectivity index (χ1) is 11.7. The monoisotopic (exact) mass is 325 g/mol. The van der Waals surface area contributed by atoms with E-state index in [4.69, 9.17) is 14.2 Å². The maximum atomic E-state index is 12.7. The van der Waals surface area contributed by atoms with Crippen LogP contribution in [0.5, 0.6) is 17.2 Å². The van der Waals surface area contributed by atoms with Crippen LogP contribution >= 0.6 is 0 Å². The molecule has 124 valence electrons. The first-order valence-corrected chi connectivity index (χ1v) is 7.54. The zero-order valence-corrected chi connectivity index (χ0v) is 13.9. The van der Waals surface area contributed by atoms with Crippen molar-refractivity contribution < 1.29 is 14.2 Å². The third-order valence-electron chi connectivity index (χ3n) is 3.98. The number of hydrogen-bond donors (Lipinski definition) is 0. The van der Waals surface area contributed by atoms with E-state index in [1.165, 1.54) is 0 Å². The van der Waals surface area contributed by atoms with Gasteiger partial charge in [-0.2, -0.15) is 0 Å². The average Bonchev–Trinajstić information content (AvgIpc) is 2.63. The second-order valence-electron chi connectivity index (χ2n) is 5.39. The van der Waals surface area contributed by atoms with Crippen LogP contribution in [0.4, 0.5) is 0 Å². The number of methoxy groups -OCH3 is 3. The predicted octanol–water partition coefficient (Wildman–Crippen LogP) is 3.08. The topological polar surface area (TPSA) is 49.7 Å². The number of rotatable bonds is 5. The molecule has 0 bridgehead atoms. The van der Waals surface area contributed by atoms with Crippen LogP contribution in [0.3, 0.4) is 0 Å². The van der Waals surface area contributed by atoms with Crippen molar-refractivity contribution in [3.8, 4) is 17.2 Å². The molecule has 5 heteroatoms. The first-order valence-electron chi connectivity index (χ1n) is 7.54. The van der Waals surface area contributed by atoms with Crippen molar-refractivity contribution in [2.24, 2.45) is 0 Å². The van der Waals surface area contributed by atoms with Crippen LogP contribution in [0.2, 0.25) is 0 Å². The number of benzene rings is 2. The van der Waals surface area contributed by atoms with Crippen molar-refractivity contribution in [1.82, 2.24) is 4.57 Å². The molecule has 0 aliphatic heterocycles. The number of nitrogens with zero attached hydrogens (tertiary/aromatic N) is 1. The van der Waals surface area contributed by atoms with Crippen molar-refractivity contribution in [2.75, 3.05) is 21.3 Å². The van der Waals surface area contributed by atoms with E-state index < -0.39 is 0 Å². The van der Waals surface area contributed by atoms with E-state index in [2.05, 4.69) is 0 Å². The molecule has 0 atom stereocenters. The summed E-state index contributed by atoms with van der Waals surface area (Å²) >= 11 is 0. The number of pyridine rings is 1. The van der Waals surface area contributed by atoms with Gasteiger partial charge in [0.15, 0.2) is 11.5 Å². The fraction of sp³-hybridized carbons (Fsp3) is 0.211. The third-order valence-corrected chi connectivity index (χ3v) is 3.98. The second kappa shape index (κ2) is 6.66. The van der Waals surface area contributed by atoms with Gasteiger partial charge in [0.2, 0.25) is 0 Å². The van der Waals surface area contributed by atoms with Crippen molar-refractivity contribution in [3.63, 3.8) is 0 Å². The molecule has 1 aromatic heterocycles. The van der Waals surface area contributed by atoms with Crippen molar-refractivity contribution >= 4 is 10.8 Å². The van der Waals surface area contributed by atoms with Crippen LogP contribution in [-0.2, 0) is 6.54 Å². The highest BCUT2D eigenvalue weighted by atomic mass is 16.5. The Balaban J connectivity index is 1.98. The molecule has 0 spiro atoms. The molecule has 0 saturated carbocycles. The molecule has 24 heavy (non-hydrogen) atoms. The molecule has 1 heterocycles. The number of fused-ring (bicyclic) bond motifs is 1. The van der Waals surface area contributed by atoms with Crippen LogP contribution in [0.25, 0.3) is 10.8 Å². The largest absolute Gasteiger partial charge is 0.497 e. The summed E-state index contributed by atoms with van der Waals surface area (Å²) in [6.45, 7) is 0.459. The molecule has 0 fully saturated rings. The van der Waals surface area contributed by atoms with Crippen molar-refractivity contribution in [2.45, 2.75) is 6.54 Å². The average molecular weight is 325 g/mol. The van der Waals surface area contributed by atoms with Crippen LogP contribution in [0.1, 0.15) is 5.56 Å². The highest BCUT2D eigenvalue weighted by Crippen LogP contribution is 2.27. The van der Waals surface area contributed by atoms with Gasteiger partial charge in [-0.1, -0.05) is 6.07 Å². The molecular formula is C19H19NO4. The summed E-state index contributed by atoms with van der Waals surface area (Å²) < 4.78 is 17.4. The molecular weight excluding hydrogens is 306 g/mol. The third kappa shape index (κ3) is 2.93. The SMILES string of the molecule is COc1ccc2c(=O)n(Cc3ccc(OC)c(OC)c3)ccc2c1. The minimum atomic E-state index is -0.0371. The summed E-state index contributed by atoms with van der Waals surface area (Å²) in [5.41, 5.74) is 0.924. The molecule has 0 radical (unpaired) electrons. The standard InChI is InChI=1S/C19H19NO4/c1-22-15-5-6-16-14(11-15)8-9-20(19(16)21)12-13-4-7-17(23-2)18(10-13)24-3/h4-11H,12H2,1-3H3. The van der Waals surface area contributed by atoms with E-state index in [1.807, 2.05) is 30.3 Å². The first kappa shape index (κ1) is 15.9. The highest BCUT2D eigenvalue weighted by molar-refractivity contribution is 5.82. The summed E-state index contributed by atoms with van der Waals surface area (Å²) in [4.78, 5) is 12.7. The van der Waals surface area contributed by atoms with Gasteiger partial charge in [-0.3, -0.25) is 4.79 Å². The number of aromatic nitrogens is 1. The number of ether oxygens (including phenoxy) is 3. The zero-order chi connectivity index (χ0) is 17.1. The van der Waals surface area contributed by atoms with Gasteiger partial charge >= 0.3 is 0 Å². The Morgan fingerprint density at radius 1 is 0.875 bits per heavy atom. The lowest BCUT2D eigenvalue weighted by molar-refractivity contribution is 0.354. The number of hydrogen-bond acceptors (Lipinski definition) is 4. The molecule has 5 nitrogen and oxygen atoms in total. The molecule has 3 rings (SSSR count). The Morgan fingerprint density at radius 3 is 2.38 bits per heavy atom. The predicted molar refractivity (Wildman–Crippen MR) is 93.4 cm³/mol. The maximum Gasteiger partial charge on any atom is 0.258 e. The fourth-order valence-electron chi connectivity index (χ4n) is 2.69. The molecule has 2 aromatic carbocycles. The Kier molecular flexibility index (Phi) is 4.42. The molecule has 0 aliphatic rings. The van der Waals surface area contributed by atoms with Gasteiger partial charge in [-0.25, -0.2) is 0 Å². The lowest BCUT2D eigenvalue weighted by Gasteiger charge is -2.11. The van der Waals surface area contributed by atoms with Gasteiger partial charge in [-0.15, -0.1) is 0 Å². The van der Waals surface area contributed by atoms with Gasteiger partial charge in [0.05, 0.1) is 27.9 Å². The summed E-state index contributed by atoms with van der Waals surface area (Å²) in [7, 11) is 4.80. The molecule has 0 aliphatic carbocycles. The van der Waals surface area contributed by atoms with Crippen molar-refractivity contribution in [3.05, 3.63) is 64.6 Å². The smallest absolute Gasteiger partial charge is 0.258 e. The van der Waals surface area contributed by atoms with E-state index in [9.17, 15) is 4.79 Å². The van der Waals surface area contributed by atoms with Gasteiger partial charge in [-0.05, 0) is 47.3 Å². The summed E-state index contributed by atoms with van der Waals surface area (Å²) in [6.07, 6.45) is 1.79. The maximum absolute atomic E-state index is 12.7. The normalized spacial score (nSPS) is 10.6. The van der Waals surface area contributed by atoms with Gasteiger partial charge in [0.1, 0.15) is 5.75 Å². The van der Waals surface area contributed by atoms with Crippen molar-refractivity contribution in [1.29, 1.82) is 0 Å². The summed E-state index contributed by atoms with van der Waals surface area (Å²) in [5.74, 6) is 2.05. The van der Waals surface area contributed by atoms with E-state index in [0.29, 0.717) is 23.4 Å². The molecule has 0 unspecified atom stereocenters. The van der Waals surface area contributed by atoms with Gasteiger partial charge in [0, 0.05) is 11.6 Å². The highest BCUT2D eigenvalue weighted by Gasteiger charge is 2.08. The van der Waals surface area contributed by atoms with Gasteiger partial charge < -0.3 is 18.8 Å².